The zero-order valence-corrected chi connectivity index (χ0v) is 20.6. The van der Waals surface area contributed by atoms with Crippen LogP contribution in [-0.2, 0) is 22.9 Å². The Morgan fingerprint density at radius 2 is 1.84 bits per heavy atom. The van der Waals surface area contributed by atoms with Crippen molar-refractivity contribution in [2.75, 3.05) is 26.0 Å². The van der Waals surface area contributed by atoms with Gasteiger partial charge in [0.2, 0.25) is 0 Å². The van der Waals surface area contributed by atoms with E-state index < -0.39 is 9.84 Å². The summed E-state index contributed by atoms with van der Waals surface area (Å²) in [6.07, 6.45) is 3.58. The number of sulfone groups is 1. The first-order chi connectivity index (χ1) is 15.2. The Bertz CT molecular complexity index is 1080. The van der Waals surface area contributed by atoms with Gasteiger partial charge in [-0.1, -0.05) is 36.5 Å². The lowest BCUT2D eigenvalue weighted by Gasteiger charge is -2.27. The molecule has 0 radical (unpaired) electrons. The van der Waals surface area contributed by atoms with E-state index >= 15 is 0 Å². The molecule has 1 aliphatic heterocycles. The van der Waals surface area contributed by atoms with Crippen molar-refractivity contribution >= 4 is 38.9 Å². The fraction of sp³-hybridized carbons (Fsp3) is 0.435. The monoisotopic (exact) mass is 498 g/mol. The van der Waals surface area contributed by atoms with Gasteiger partial charge in [0.15, 0.2) is 9.84 Å². The molecular formula is C23H28Cl2N2O4S. The number of halogens is 2. The van der Waals surface area contributed by atoms with E-state index in [2.05, 4.69) is 10.2 Å². The molecule has 6 nitrogen and oxygen atoms in total. The third kappa shape index (κ3) is 5.95. The summed E-state index contributed by atoms with van der Waals surface area (Å²) in [5, 5.41) is 3.64. The Hall–Kier alpha value is -1.80. The average molecular weight is 499 g/mol. The normalized spacial score (nSPS) is 14.9. The highest BCUT2D eigenvalue weighted by Crippen LogP contribution is 2.31. The first kappa shape index (κ1) is 24.8. The van der Waals surface area contributed by atoms with Crippen molar-refractivity contribution in [3.8, 4) is 5.75 Å². The molecule has 0 unspecified atom stereocenters. The maximum atomic E-state index is 12.8. The quantitative estimate of drug-likeness (QED) is 0.570. The van der Waals surface area contributed by atoms with Crippen LogP contribution in [0, 0.1) is 0 Å². The van der Waals surface area contributed by atoms with Crippen LogP contribution in [0.3, 0.4) is 0 Å². The number of carbonyl (C=O) groups excluding carboxylic acids is 1. The predicted molar refractivity (Wildman–Crippen MR) is 127 cm³/mol. The second-order valence-electron chi connectivity index (χ2n) is 7.81. The lowest BCUT2D eigenvalue weighted by atomic mass is 10.1. The molecule has 0 aliphatic carbocycles. The first-order valence-electron chi connectivity index (χ1n) is 10.6. The average Bonchev–Trinajstić information content (AvgIpc) is 2.79. The number of nitrogens with one attached hydrogen (secondary N) is 1. The summed E-state index contributed by atoms with van der Waals surface area (Å²) in [7, 11) is -1.89. The van der Waals surface area contributed by atoms with Crippen LogP contribution in [0.5, 0.6) is 5.75 Å². The number of benzene rings is 2. The second-order valence-corrected chi connectivity index (χ2v) is 10.9. The topological polar surface area (TPSA) is 75.7 Å². The number of hydrogen-bond donors (Lipinski definition) is 1. The maximum Gasteiger partial charge on any atom is 0.251 e. The molecule has 0 atom stereocenters. The van der Waals surface area contributed by atoms with Gasteiger partial charge in [-0.3, -0.25) is 9.69 Å². The van der Waals surface area contributed by atoms with Gasteiger partial charge >= 0.3 is 0 Å². The van der Waals surface area contributed by atoms with Crippen LogP contribution in [0.15, 0.2) is 35.2 Å². The molecule has 9 heteroatoms. The summed E-state index contributed by atoms with van der Waals surface area (Å²) in [4.78, 5) is 15.3. The zero-order chi connectivity index (χ0) is 23.3. The Morgan fingerprint density at radius 1 is 1.12 bits per heavy atom. The number of rotatable bonds is 8. The summed E-state index contributed by atoms with van der Waals surface area (Å²) in [5.41, 5.74) is 1.64. The molecule has 1 N–H and O–H groups in total. The van der Waals surface area contributed by atoms with Crippen LogP contribution in [0.4, 0.5) is 0 Å². The highest BCUT2D eigenvalue weighted by Gasteiger charge is 2.20. The molecular weight excluding hydrogens is 471 g/mol. The molecule has 1 heterocycles. The fourth-order valence-electron chi connectivity index (χ4n) is 3.84. The summed E-state index contributed by atoms with van der Waals surface area (Å²) in [5.74, 6) is 0.140. The smallest absolute Gasteiger partial charge is 0.251 e. The summed E-state index contributed by atoms with van der Waals surface area (Å²) in [6, 6.07) is 7.85. The molecule has 1 aliphatic rings. The molecule has 32 heavy (non-hydrogen) atoms. The molecule has 1 amide bonds. The van der Waals surface area contributed by atoms with E-state index in [0.29, 0.717) is 33.5 Å². The van der Waals surface area contributed by atoms with Crippen LogP contribution in [0.25, 0.3) is 0 Å². The minimum absolute atomic E-state index is 0.0173. The lowest BCUT2D eigenvalue weighted by molar-refractivity contribution is 0.0950. The molecule has 3 rings (SSSR count). The number of hydrogen-bond acceptors (Lipinski definition) is 5. The first-order valence-corrected chi connectivity index (χ1v) is 13.0. The summed E-state index contributed by atoms with van der Waals surface area (Å²) < 4.78 is 30.3. The van der Waals surface area contributed by atoms with E-state index in [-0.39, 0.29) is 23.1 Å². The van der Waals surface area contributed by atoms with Crippen molar-refractivity contribution in [3.63, 3.8) is 0 Å². The Morgan fingerprint density at radius 3 is 2.50 bits per heavy atom. The molecule has 2 aromatic carbocycles. The number of carbonyl (C=O) groups is 1. The largest absolute Gasteiger partial charge is 0.496 e. The predicted octanol–water partition coefficient (Wildman–Crippen LogP) is 4.71. The Balaban J connectivity index is 1.79. The van der Waals surface area contributed by atoms with Gasteiger partial charge in [0.1, 0.15) is 5.75 Å². The van der Waals surface area contributed by atoms with Gasteiger partial charge < -0.3 is 10.1 Å². The molecule has 1 saturated heterocycles. The Labute approximate surface area is 199 Å². The molecule has 0 aromatic heterocycles. The molecule has 0 spiro atoms. The molecule has 2 aromatic rings. The number of ether oxygens (including phenoxy) is 1. The Kier molecular flexibility index (Phi) is 8.44. The second kappa shape index (κ2) is 10.9. The van der Waals surface area contributed by atoms with E-state index in [1.165, 1.54) is 31.4 Å². The van der Waals surface area contributed by atoms with Gasteiger partial charge in [-0.2, -0.15) is 0 Å². The van der Waals surface area contributed by atoms with Gasteiger partial charge in [-0.25, -0.2) is 8.42 Å². The number of amides is 1. The van der Waals surface area contributed by atoms with Crippen LogP contribution in [-0.4, -0.2) is 45.2 Å². The van der Waals surface area contributed by atoms with E-state index in [1.807, 2.05) is 0 Å². The fourth-order valence-corrected chi connectivity index (χ4v) is 5.42. The highest BCUT2D eigenvalue weighted by atomic mass is 35.5. The van der Waals surface area contributed by atoms with E-state index in [9.17, 15) is 13.2 Å². The van der Waals surface area contributed by atoms with E-state index in [4.69, 9.17) is 27.9 Å². The molecule has 0 saturated carbocycles. The van der Waals surface area contributed by atoms with Crippen molar-refractivity contribution in [2.24, 2.45) is 0 Å². The minimum atomic E-state index is -3.45. The standard InChI is InChI=1S/C23H28Cl2N2O4S/c1-3-32(29,30)22-8-7-18(24)11-17(22)14-26-23(28)16-12-20(25)19(21(13-16)31-2)15-27-9-5-4-6-10-27/h7-8,11-13H,3-6,9-10,14-15H2,1-2H3,(H,26,28). The summed E-state index contributed by atoms with van der Waals surface area (Å²) >= 11 is 12.6. The van der Waals surface area contributed by atoms with Gasteiger partial charge in [0.25, 0.3) is 5.91 Å². The lowest BCUT2D eigenvalue weighted by Crippen LogP contribution is -2.29. The molecule has 1 fully saturated rings. The third-order valence-electron chi connectivity index (χ3n) is 5.64. The molecule has 0 bridgehead atoms. The number of nitrogens with zero attached hydrogens (tertiary/aromatic N) is 1. The SMILES string of the molecule is CCS(=O)(=O)c1ccc(Cl)cc1CNC(=O)c1cc(Cl)c(CN2CCCCC2)c(OC)c1. The maximum absolute atomic E-state index is 12.8. The van der Waals surface area contributed by atoms with Crippen molar-refractivity contribution in [1.29, 1.82) is 0 Å². The van der Waals surface area contributed by atoms with Gasteiger partial charge in [-0.05, 0) is 61.8 Å². The number of methoxy groups -OCH3 is 1. The van der Waals surface area contributed by atoms with Crippen LogP contribution >= 0.6 is 23.2 Å². The highest BCUT2D eigenvalue weighted by molar-refractivity contribution is 7.91. The van der Waals surface area contributed by atoms with Gasteiger partial charge in [0.05, 0.1) is 17.8 Å². The third-order valence-corrected chi connectivity index (χ3v) is 8.04. The van der Waals surface area contributed by atoms with Gasteiger partial charge in [0, 0.05) is 34.3 Å². The van der Waals surface area contributed by atoms with Crippen molar-refractivity contribution in [1.82, 2.24) is 10.2 Å². The summed E-state index contributed by atoms with van der Waals surface area (Å²) in [6.45, 7) is 4.30. The van der Waals surface area contributed by atoms with Crippen molar-refractivity contribution in [3.05, 3.63) is 57.1 Å². The van der Waals surface area contributed by atoms with Gasteiger partial charge in [-0.15, -0.1) is 0 Å². The van der Waals surface area contributed by atoms with Crippen LogP contribution < -0.4 is 10.1 Å². The van der Waals surface area contributed by atoms with Crippen LogP contribution in [0.2, 0.25) is 10.0 Å². The van der Waals surface area contributed by atoms with E-state index in [0.717, 1.165) is 18.7 Å². The van der Waals surface area contributed by atoms with Crippen molar-refractivity contribution in [2.45, 2.75) is 44.2 Å². The zero-order valence-electron chi connectivity index (χ0n) is 18.3. The number of likely N-dealkylation sites (tertiary alicyclic amines) is 1. The van der Waals surface area contributed by atoms with Crippen molar-refractivity contribution < 1.29 is 17.9 Å². The molecule has 174 valence electrons. The van der Waals surface area contributed by atoms with E-state index in [1.54, 1.807) is 32.2 Å². The van der Waals surface area contributed by atoms with Crippen LogP contribution in [0.1, 0.15) is 47.7 Å². The minimum Gasteiger partial charge on any atom is -0.496 e. The number of piperidine rings is 1.